The number of carbonyl (C=O) groups is 2. The summed E-state index contributed by atoms with van der Waals surface area (Å²) in [5.41, 5.74) is -0.671. The number of nitrogens with one attached hydrogen (secondary N) is 1. The number of rotatable bonds is 8. The maximum Gasteiger partial charge on any atom is 0.318 e. The zero-order valence-corrected chi connectivity index (χ0v) is 29.6. The number of piperidine rings is 1. The van der Waals surface area contributed by atoms with Crippen molar-refractivity contribution in [3.05, 3.63) is 83.0 Å². The van der Waals surface area contributed by atoms with E-state index < -0.39 is 27.5 Å². The number of nitrogens with zero attached hydrogens (tertiary/aromatic N) is 6. The molecule has 1 aromatic heterocycles. The molecule has 3 aromatic rings. The Morgan fingerprint density at radius 1 is 1.02 bits per heavy atom. The summed E-state index contributed by atoms with van der Waals surface area (Å²) < 4.78 is 40.6. The Morgan fingerprint density at radius 3 is 2.39 bits per heavy atom. The lowest BCUT2D eigenvalue weighted by atomic mass is 9.71. The standard InChI is InChI=1S/C37H41N7O6S/c1-3-50-33-30(5-4-14-39-33)37(31-17-26(18-38)8-11-32(31)44(34(37)45)51(47,48)29-9-6-25(2)7-10-29)40-35(46)43-23-36(24-43)21-42(22-36)27-12-15-41(16-13-27)28-19-49-20-28/h4-11,14,17,27-28H,3,12-13,15-16,19-24H2,1-2H3,(H,40,46)/t37-/m0/s1. The molecule has 14 heteroatoms. The Balaban J connectivity index is 1.09. The molecule has 266 valence electrons. The highest BCUT2D eigenvalue weighted by Gasteiger charge is 2.61. The van der Waals surface area contributed by atoms with E-state index in [0.29, 0.717) is 25.2 Å². The Kier molecular flexibility index (Phi) is 8.29. The van der Waals surface area contributed by atoms with E-state index in [2.05, 4.69) is 26.2 Å². The second-order valence-electron chi connectivity index (χ2n) is 14.4. The van der Waals surface area contributed by atoms with Crippen molar-refractivity contribution < 1.29 is 27.5 Å². The molecule has 6 heterocycles. The van der Waals surface area contributed by atoms with Crippen molar-refractivity contribution in [2.24, 2.45) is 5.41 Å². The number of anilines is 1. The molecule has 51 heavy (non-hydrogen) atoms. The first-order valence-electron chi connectivity index (χ1n) is 17.5. The average Bonchev–Trinajstić information content (AvgIpc) is 3.31. The number of nitriles is 1. The first-order chi connectivity index (χ1) is 24.6. The minimum Gasteiger partial charge on any atom is -0.478 e. The van der Waals surface area contributed by atoms with E-state index in [-0.39, 0.29) is 45.2 Å². The third-order valence-corrected chi connectivity index (χ3v) is 12.8. The molecule has 3 amide bonds. The van der Waals surface area contributed by atoms with Gasteiger partial charge in [0.2, 0.25) is 5.88 Å². The van der Waals surface area contributed by atoms with E-state index in [1.807, 2.05) is 6.92 Å². The third kappa shape index (κ3) is 5.45. The van der Waals surface area contributed by atoms with Crippen molar-refractivity contribution in [3.8, 4) is 11.9 Å². The summed E-state index contributed by atoms with van der Waals surface area (Å²) in [5, 5.41) is 12.9. The normalized spacial score (nSPS) is 23.6. The molecular weight excluding hydrogens is 671 g/mol. The van der Waals surface area contributed by atoms with Crippen LogP contribution in [0.1, 0.15) is 42.0 Å². The number of pyridine rings is 1. The Morgan fingerprint density at radius 2 is 1.75 bits per heavy atom. The van der Waals surface area contributed by atoms with Crippen LogP contribution in [0.4, 0.5) is 10.5 Å². The molecule has 1 spiro atoms. The molecule has 0 aliphatic carbocycles. The van der Waals surface area contributed by atoms with Crippen LogP contribution in [0.3, 0.4) is 0 Å². The van der Waals surface area contributed by atoms with Crippen LogP contribution in [0.15, 0.2) is 65.7 Å². The highest BCUT2D eigenvalue weighted by Crippen LogP contribution is 2.50. The Labute approximate surface area is 297 Å². The Hall–Kier alpha value is -4.55. The van der Waals surface area contributed by atoms with Crippen LogP contribution in [0.25, 0.3) is 0 Å². The molecule has 5 aliphatic rings. The smallest absolute Gasteiger partial charge is 0.318 e. The number of ether oxygens (including phenoxy) is 2. The molecular formula is C37H41N7O6S. The van der Waals surface area contributed by atoms with Crippen molar-refractivity contribution in [2.45, 2.75) is 49.2 Å². The molecule has 4 saturated heterocycles. The maximum absolute atomic E-state index is 15.0. The molecule has 0 bridgehead atoms. The molecule has 1 atom stereocenters. The predicted molar refractivity (Wildman–Crippen MR) is 187 cm³/mol. The number of aromatic nitrogens is 1. The fourth-order valence-electron chi connectivity index (χ4n) is 8.36. The van der Waals surface area contributed by atoms with Crippen molar-refractivity contribution in [2.75, 3.05) is 63.4 Å². The predicted octanol–water partition coefficient (Wildman–Crippen LogP) is 2.83. The number of carbonyl (C=O) groups excluding carboxylic acids is 2. The molecule has 0 radical (unpaired) electrons. The summed E-state index contributed by atoms with van der Waals surface area (Å²) in [5.74, 6) is -0.845. The van der Waals surface area contributed by atoms with Gasteiger partial charge in [0, 0.05) is 62.5 Å². The lowest BCUT2D eigenvalue weighted by molar-refractivity contribution is -0.129. The van der Waals surface area contributed by atoms with Crippen LogP contribution in [-0.2, 0) is 25.1 Å². The van der Waals surface area contributed by atoms with Crippen LogP contribution in [-0.4, -0.2) is 111 Å². The molecule has 2 aromatic carbocycles. The fourth-order valence-corrected chi connectivity index (χ4v) is 9.83. The summed E-state index contributed by atoms with van der Waals surface area (Å²) in [6.45, 7) is 10.5. The minimum atomic E-state index is -4.47. The summed E-state index contributed by atoms with van der Waals surface area (Å²) in [6, 6.07) is 16.5. The lowest BCUT2D eigenvalue weighted by Gasteiger charge is -2.62. The van der Waals surface area contributed by atoms with Gasteiger partial charge in [-0.2, -0.15) is 9.57 Å². The summed E-state index contributed by atoms with van der Waals surface area (Å²) >= 11 is 0. The lowest BCUT2D eigenvalue weighted by Crippen LogP contribution is -2.76. The summed E-state index contributed by atoms with van der Waals surface area (Å²) in [7, 11) is -4.47. The maximum atomic E-state index is 15.0. The first kappa shape index (κ1) is 33.6. The van der Waals surface area contributed by atoms with Gasteiger partial charge in [-0.25, -0.2) is 18.2 Å². The number of aryl methyl sites for hydroxylation is 1. The van der Waals surface area contributed by atoms with Crippen LogP contribution >= 0.6 is 0 Å². The van der Waals surface area contributed by atoms with Gasteiger partial charge in [0.1, 0.15) is 0 Å². The van der Waals surface area contributed by atoms with Gasteiger partial charge >= 0.3 is 6.03 Å². The Bertz CT molecular complexity index is 2010. The van der Waals surface area contributed by atoms with E-state index in [1.54, 1.807) is 36.1 Å². The van der Waals surface area contributed by atoms with Gasteiger partial charge in [-0.15, -0.1) is 0 Å². The van der Waals surface area contributed by atoms with E-state index in [1.165, 1.54) is 36.5 Å². The fraction of sp³-hybridized carbons (Fsp3) is 0.459. The van der Waals surface area contributed by atoms with Crippen LogP contribution in [0.2, 0.25) is 0 Å². The largest absolute Gasteiger partial charge is 0.478 e. The molecule has 13 nitrogen and oxygen atoms in total. The van der Waals surface area contributed by atoms with Crippen molar-refractivity contribution in [3.63, 3.8) is 0 Å². The molecule has 4 fully saturated rings. The monoisotopic (exact) mass is 711 g/mol. The summed E-state index contributed by atoms with van der Waals surface area (Å²) in [6.07, 6.45) is 3.76. The van der Waals surface area contributed by atoms with Crippen LogP contribution < -0.4 is 14.4 Å². The summed E-state index contributed by atoms with van der Waals surface area (Å²) in [4.78, 5) is 40.3. The van der Waals surface area contributed by atoms with Gasteiger partial charge in [0.15, 0.2) is 5.54 Å². The first-order valence-corrected chi connectivity index (χ1v) is 18.9. The second-order valence-corrected chi connectivity index (χ2v) is 16.2. The van der Waals surface area contributed by atoms with Gasteiger partial charge in [-0.3, -0.25) is 14.6 Å². The molecule has 5 aliphatic heterocycles. The SMILES string of the molecule is CCOc1ncccc1[C@@]1(NC(=O)N2CC3(C2)CN(C2CCN(C4COC4)CC2)C3)C(=O)N(S(=O)(=O)c2ccc(C)cc2)c2ccc(C#N)cc21. The quantitative estimate of drug-likeness (QED) is 0.370. The number of urea groups is 1. The second kappa shape index (κ2) is 12.6. The number of hydrogen-bond donors (Lipinski definition) is 1. The van der Waals surface area contributed by atoms with Crippen molar-refractivity contribution in [1.82, 2.24) is 25.0 Å². The topological polar surface area (TPSA) is 148 Å². The van der Waals surface area contributed by atoms with Gasteiger partial charge in [0.05, 0.1) is 53.6 Å². The van der Waals surface area contributed by atoms with Crippen LogP contribution in [0, 0.1) is 23.7 Å². The van der Waals surface area contributed by atoms with E-state index in [9.17, 15) is 18.5 Å². The zero-order valence-electron chi connectivity index (χ0n) is 28.7. The highest BCUT2D eigenvalue weighted by molar-refractivity contribution is 7.93. The van der Waals surface area contributed by atoms with Gasteiger partial charge in [-0.1, -0.05) is 17.7 Å². The number of likely N-dealkylation sites (tertiary alicyclic amines) is 3. The zero-order chi connectivity index (χ0) is 35.5. The van der Waals surface area contributed by atoms with Gasteiger partial charge in [0.25, 0.3) is 15.9 Å². The third-order valence-electron chi connectivity index (χ3n) is 11.1. The average molecular weight is 712 g/mol. The van der Waals surface area contributed by atoms with E-state index in [4.69, 9.17) is 9.47 Å². The molecule has 1 N–H and O–H groups in total. The van der Waals surface area contributed by atoms with E-state index in [0.717, 1.165) is 62.1 Å². The molecule has 8 rings (SSSR count). The minimum absolute atomic E-state index is 0.0133. The number of hydrogen-bond acceptors (Lipinski definition) is 10. The van der Waals surface area contributed by atoms with Crippen molar-refractivity contribution >= 4 is 27.6 Å². The molecule has 0 unspecified atom stereocenters. The van der Waals surface area contributed by atoms with Gasteiger partial charge in [-0.05, 0) is 69.2 Å². The number of sulfonamides is 1. The van der Waals surface area contributed by atoms with Crippen LogP contribution in [0.5, 0.6) is 5.88 Å². The highest BCUT2D eigenvalue weighted by atomic mass is 32.2. The van der Waals surface area contributed by atoms with Crippen molar-refractivity contribution in [1.29, 1.82) is 5.26 Å². The van der Waals surface area contributed by atoms with E-state index >= 15 is 4.79 Å². The number of fused-ring (bicyclic) bond motifs is 1. The number of benzene rings is 2. The van der Waals surface area contributed by atoms with Gasteiger partial charge < -0.3 is 19.7 Å². The number of amides is 3. The molecule has 0 saturated carbocycles.